The Labute approximate surface area is 118 Å². The molecule has 1 aromatic rings. The number of nitrogens with two attached hydrogens (primary N) is 1. The second kappa shape index (κ2) is 5.01. The molecule has 0 spiro atoms. The van der Waals surface area contributed by atoms with Crippen molar-refractivity contribution in [3.63, 3.8) is 0 Å². The number of fused-ring (bicyclic) bond motifs is 1. The first-order valence-corrected chi connectivity index (χ1v) is 7.22. The largest absolute Gasteiger partial charge is 0.389 e. The quantitative estimate of drug-likeness (QED) is 0.550. The summed E-state index contributed by atoms with van der Waals surface area (Å²) in [6.07, 6.45) is 8.37. The SMILES string of the molecule is N=C(N)c1cnc(N2CCC3(O)CCCCC3C2)cn1. The lowest BCUT2D eigenvalue weighted by molar-refractivity contribution is -0.0613. The van der Waals surface area contributed by atoms with Gasteiger partial charge in [0.2, 0.25) is 0 Å². The number of nitrogens with zero attached hydrogens (tertiary/aromatic N) is 3. The minimum atomic E-state index is -0.471. The summed E-state index contributed by atoms with van der Waals surface area (Å²) in [5.74, 6) is 1.08. The van der Waals surface area contributed by atoms with Crippen LogP contribution in [0.1, 0.15) is 37.8 Å². The highest BCUT2D eigenvalue weighted by atomic mass is 16.3. The van der Waals surface area contributed by atoms with Crippen LogP contribution in [0.3, 0.4) is 0 Å². The van der Waals surface area contributed by atoms with Gasteiger partial charge in [-0.3, -0.25) is 5.41 Å². The number of nitrogens with one attached hydrogen (secondary N) is 1. The van der Waals surface area contributed by atoms with E-state index in [0.29, 0.717) is 11.6 Å². The number of hydrogen-bond donors (Lipinski definition) is 3. The molecule has 108 valence electrons. The Morgan fingerprint density at radius 3 is 2.90 bits per heavy atom. The third kappa shape index (κ3) is 2.35. The van der Waals surface area contributed by atoms with Gasteiger partial charge in [-0.15, -0.1) is 0 Å². The second-order valence-corrected chi connectivity index (χ2v) is 5.92. The number of anilines is 1. The van der Waals surface area contributed by atoms with E-state index in [1.54, 1.807) is 12.4 Å². The van der Waals surface area contributed by atoms with Crippen molar-refractivity contribution >= 4 is 11.7 Å². The molecule has 1 aliphatic heterocycles. The fourth-order valence-electron chi connectivity index (χ4n) is 3.40. The smallest absolute Gasteiger partial charge is 0.147 e. The average Bonchev–Trinajstić information content (AvgIpc) is 2.46. The lowest BCUT2D eigenvalue weighted by Gasteiger charge is -2.47. The number of rotatable bonds is 2. The van der Waals surface area contributed by atoms with Crippen molar-refractivity contribution < 1.29 is 5.11 Å². The molecule has 2 unspecified atom stereocenters. The van der Waals surface area contributed by atoms with Crippen molar-refractivity contribution in [2.45, 2.75) is 37.7 Å². The van der Waals surface area contributed by atoms with Crippen LogP contribution in [0.15, 0.2) is 12.4 Å². The van der Waals surface area contributed by atoms with Crippen LogP contribution in [0, 0.1) is 11.3 Å². The molecule has 2 aliphatic rings. The molecule has 1 aliphatic carbocycles. The molecule has 0 bridgehead atoms. The maximum absolute atomic E-state index is 10.7. The van der Waals surface area contributed by atoms with Gasteiger partial charge in [-0.05, 0) is 19.3 Å². The maximum atomic E-state index is 10.7. The van der Waals surface area contributed by atoms with Crippen LogP contribution in [0.4, 0.5) is 5.82 Å². The van der Waals surface area contributed by atoms with Crippen molar-refractivity contribution in [3.8, 4) is 0 Å². The van der Waals surface area contributed by atoms with Crippen LogP contribution in [-0.4, -0.2) is 39.6 Å². The second-order valence-electron chi connectivity index (χ2n) is 5.92. The van der Waals surface area contributed by atoms with E-state index in [1.807, 2.05) is 0 Å². The Bertz CT molecular complexity index is 503. The van der Waals surface area contributed by atoms with Crippen LogP contribution in [0.2, 0.25) is 0 Å². The number of aliphatic hydroxyl groups is 1. The summed E-state index contributed by atoms with van der Waals surface area (Å²) >= 11 is 0. The molecule has 2 atom stereocenters. The summed E-state index contributed by atoms with van der Waals surface area (Å²) in [5.41, 5.74) is 5.31. The van der Waals surface area contributed by atoms with Crippen molar-refractivity contribution in [1.29, 1.82) is 5.41 Å². The average molecular weight is 275 g/mol. The molecule has 6 nitrogen and oxygen atoms in total. The normalized spacial score (nSPS) is 29.9. The topological polar surface area (TPSA) is 99.1 Å². The number of hydrogen-bond acceptors (Lipinski definition) is 5. The molecular weight excluding hydrogens is 254 g/mol. The molecule has 0 amide bonds. The standard InChI is InChI=1S/C14H21N5O/c15-13(16)11-7-18-12(8-17-11)19-6-5-14(20)4-2-1-3-10(14)9-19/h7-8,10,20H,1-6,9H2,(H3,15,16). The maximum Gasteiger partial charge on any atom is 0.147 e. The molecule has 1 saturated heterocycles. The van der Waals surface area contributed by atoms with Crippen molar-refractivity contribution in [1.82, 2.24) is 9.97 Å². The molecule has 0 radical (unpaired) electrons. The molecule has 2 fully saturated rings. The van der Waals surface area contributed by atoms with Gasteiger partial charge < -0.3 is 15.7 Å². The highest BCUT2D eigenvalue weighted by molar-refractivity contribution is 5.92. The predicted octanol–water partition coefficient (Wildman–Crippen LogP) is 0.892. The van der Waals surface area contributed by atoms with E-state index >= 15 is 0 Å². The summed E-state index contributed by atoms with van der Waals surface area (Å²) in [7, 11) is 0. The van der Waals surface area contributed by atoms with Crippen LogP contribution >= 0.6 is 0 Å². The van der Waals surface area contributed by atoms with Gasteiger partial charge in [0, 0.05) is 19.0 Å². The Kier molecular flexibility index (Phi) is 3.33. The van der Waals surface area contributed by atoms with E-state index in [9.17, 15) is 5.11 Å². The summed E-state index contributed by atoms with van der Waals surface area (Å²) in [6.45, 7) is 1.64. The summed E-state index contributed by atoms with van der Waals surface area (Å²) in [6, 6.07) is 0. The first-order valence-electron chi connectivity index (χ1n) is 7.22. The van der Waals surface area contributed by atoms with E-state index in [2.05, 4.69) is 14.9 Å². The molecule has 2 heterocycles. The van der Waals surface area contributed by atoms with Crippen molar-refractivity contribution in [2.24, 2.45) is 11.7 Å². The zero-order chi connectivity index (χ0) is 14.2. The fraction of sp³-hybridized carbons (Fsp3) is 0.643. The van der Waals surface area contributed by atoms with Crippen molar-refractivity contribution in [2.75, 3.05) is 18.0 Å². The van der Waals surface area contributed by atoms with Gasteiger partial charge >= 0.3 is 0 Å². The van der Waals surface area contributed by atoms with Gasteiger partial charge in [0.15, 0.2) is 0 Å². The molecule has 0 aromatic carbocycles. The predicted molar refractivity (Wildman–Crippen MR) is 76.8 cm³/mol. The van der Waals surface area contributed by atoms with E-state index in [4.69, 9.17) is 11.1 Å². The lowest BCUT2D eigenvalue weighted by atomic mass is 9.71. The first kappa shape index (κ1) is 13.3. The van der Waals surface area contributed by atoms with Gasteiger partial charge in [-0.2, -0.15) is 0 Å². The molecule has 6 heteroatoms. The molecule has 4 N–H and O–H groups in total. The Hall–Kier alpha value is -1.69. The van der Waals surface area contributed by atoms with Crippen LogP contribution in [-0.2, 0) is 0 Å². The first-order chi connectivity index (χ1) is 9.58. The van der Waals surface area contributed by atoms with E-state index in [-0.39, 0.29) is 5.84 Å². The van der Waals surface area contributed by atoms with Gasteiger partial charge in [0.1, 0.15) is 17.3 Å². The summed E-state index contributed by atoms with van der Waals surface area (Å²) in [5, 5.41) is 18.0. The van der Waals surface area contributed by atoms with Gasteiger partial charge in [0.25, 0.3) is 0 Å². The van der Waals surface area contributed by atoms with E-state index in [0.717, 1.165) is 44.6 Å². The number of piperidine rings is 1. The Balaban J connectivity index is 1.74. The number of nitrogen functional groups attached to an aromatic ring is 1. The third-order valence-corrected chi connectivity index (χ3v) is 4.67. The minimum absolute atomic E-state index is 0.0654. The van der Waals surface area contributed by atoms with Crippen LogP contribution in [0.25, 0.3) is 0 Å². The molecule has 1 saturated carbocycles. The van der Waals surface area contributed by atoms with Gasteiger partial charge in [-0.25, -0.2) is 9.97 Å². The Morgan fingerprint density at radius 2 is 2.20 bits per heavy atom. The minimum Gasteiger partial charge on any atom is -0.389 e. The Morgan fingerprint density at radius 1 is 1.35 bits per heavy atom. The molecule has 1 aromatic heterocycles. The van der Waals surface area contributed by atoms with Crippen LogP contribution < -0.4 is 10.6 Å². The number of aromatic nitrogens is 2. The number of amidine groups is 1. The van der Waals surface area contributed by atoms with E-state index < -0.39 is 5.60 Å². The third-order valence-electron chi connectivity index (χ3n) is 4.67. The monoisotopic (exact) mass is 275 g/mol. The zero-order valence-electron chi connectivity index (χ0n) is 11.5. The van der Waals surface area contributed by atoms with Gasteiger partial charge in [-0.1, -0.05) is 12.8 Å². The van der Waals surface area contributed by atoms with Crippen LogP contribution in [0.5, 0.6) is 0 Å². The molecule has 3 rings (SSSR count). The van der Waals surface area contributed by atoms with Crippen molar-refractivity contribution in [3.05, 3.63) is 18.1 Å². The lowest BCUT2D eigenvalue weighted by Crippen LogP contribution is -2.53. The fourth-order valence-corrected chi connectivity index (χ4v) is 3.40. The summed E-state index contributed by atoms with van der Waals surface area (Å²) < 4.78 is 0. The molecule has 20 heavy (non-hydrogen) atoms. The zero-order valence-corrected chi connectivity index (χ0v) is 11.5. The van der Waals surface area contributed by atoms with E-state index in [1.165, 1.54) is 6.42 Å². The highest BCUT2D eigenvalue weighted by Crippen LogP contribution is 2.40. The summed E-state index contributed by atoms with van der Waals surface area (Å²) in [4.78, 5) is 10.7. The highest BCUT2D eigenvalue weighted by Gasteiger charge is 2.42. The van der Waals surface area contributed by atoms with Gasteiger partial charge in [0.05, 0.1) is 18.0 Å². The molecular formula is C14H21N5O.